The average Bonchev–Trinajstić information content (AvgIpc) is 3.13. The third kappa shape index (κ3) is 3.35. The third-order valence-corrected chi connectivity index (χ3v) is 5.63. The third-order valence-electron chi connectivity index (χ3n) is 5.63. The molecule has 1 fully saturated rings. The van der Waals surface area contributed by atoms with Crippen LogP contribution in [0, 0.1) is 11.7 Å². The minimum Gasteiger partial charge on any atom is -0.379 e. The summed E-state index contributed by atoms with van der Waals surface area (Å²) in [4.78, 5) is 20.9. The van der Waals surface area contributed by atoms with Crippen molar-refractivity contribution in [3.05, 3.63) is 36.2 Å². The SMILES string of the molecule is CCc1c(F)c(NC(C)C)c2[nH]ncc2c1-c1cn2cc(NC(=O)C3CC3F)nc2cn1. The second-order valence-electron chi connectivity index (χ2n) is 8.37. The molecule has 1 saturated carbocycles. The number of H-pyrrole nitrogens is 1. The molecule has 1 aromatic carbocycles. The van der Waals surface area contributed by atoms with Crippen LogP contribution < -0.4 is 10.6 Å². The second-order valence-corrected chi connectivity index (χ2v) is 8.37. The van der Waals surface area contributed by atoms with Gasteiger partial charge in [0.15, 0.2) is 17.3 Å². The van der Waals surface area contributed by atoms with Gasteiger partial charge in [0.1, 0.15) is 6.17 Å². The first-order valence-corrected chi connectivity index (χ1v) is 10.6. The first-order chi connectivity index (χ1) is 15.4. The molecule has 0 saturated heterocycles. The molecule has 166 valence electrons. The molecule has 2 unspecified atom stereocenters. The van der Waals surface area contributed by atoms with Crippen molar-refractivity contribution in [2.75, 3.05) is 10.6 Å². The van der Waals surface area contributed by atoms with Crippen LogP contribution in [-0.2, 0) is 11.2 Å². The zero-order chi connectivity index (χ0) is 22.6. The molecule has 3 N–H and O–H groups in total. The van der Waals surface area contributed by atoms with Crippen LogP contribution >= 0.6 is 0 Å². The van der Waals surface area contributed by atoms with E-state index in [9.17, 15) is 9.18 Å². The molecule has 3 heterocycles. The van der Waals surface area contributed by atoms with Crippen molar-refractivity contribution < 1.29 is 13.6 Å². The molecule has 1 aliphatic carbocycles. The highest BCUT2D eigenvalue weighted by molar-refractivity contribution is 6.02. The Morgan fingerprint density at radius 1 is 1.34 bits per heavy atom. The summed E-state index contributed by atoms with van der Waals surface area (Å²) in [7, 11) is 0. The lowest BCUT2D eigenvalue weighted by Gasteiger charge is -2.17. The van der Waals surface area contributed by atoms with Crippen molar-refractivity contribution in [3.8, 4) is 11.3 Å². The standard InChI is InChI=1S/C22H23F2N7O/c1-4-11-18(13-6-26-30-20(13)21(19(11)24)27-10(2)3)15-8-31-9-16(28-17(31)7-25-15)29-22(32)12-5-14(12)23/h6-10,12,14,27H,4-5H2,1-3H3,(H,26,30)(H,29,32). The molecular weight excluding hydrogens is 416 g/mol. The van der Waals surface area contributed by atoms with Gasteiger partial charge in [0.25, 0.3) is 0 Å². The molecule has 1 aliphatic rings. The van der Waals surface area contributed by atoms with E-state index in [2.05, 4.69) is 30.8 Å². The van der Waals surface area contributed by atoms with E-state index in [1.165, 1.54) is 0 Å². The number of halogens is 2. The predicted molar refractivity (Wildman–Crippen MR) is 118 cm³/mol. The van der Waals surface area contributed by atoms with E-state index in [4.69, 9.17) is 0 Å². The van der Waals surface area contributed by atoms with Crippen LogP contribution in [0.4, 0.5) is 20.3 Å². The Morgan fingerprint density at radius 3 is 2.81 bits per heavy atom. The number of imidazole rings is 1. The Kier molecular flexibility index (Phi) is 4.79. The highest BCUT2D eigenvalue weighted by atomic mass is 19.1. The van der Waals surface area contributed by atoms with Crippen LogP contribution in [-0.4, -0.2) is 42.7 Å². The summed E-state index contributed by atoms with van der Waals surface area (Å²) in [6, 6.07) is 0.0453. The number of nitrogens with one attached hydrogen (secondary N) is 3. The number of hydrogen-bond acceptors (Lipinski definition) is 5. The second kappa shape index (κ2) is 7.54. The van der Waals surface area contributed by atoms with Crippen LogP contribution in [0.3, 0.4) is 0 Å². The molecule has 5 rings (SSSR count). The highest BCUT2D eigenvalue weighted by Gasteiger charge is 2.43. The highest BCUT2D eigenvalue weighted by Crippen LogP contribution is 2.38. The van der Waals surface area contributed by atoms with Gasteiger partial charge in [-0.25, -0.2) is 13.8 Å². The maximum absolute atomic E-state index is 15.5. The Balaban J connectivity index is 1.59. The van der Waals surface area contributed by atoms with Crippen molar-refractivity contribution in [1.29, 1.82) is 0 Å². The van der Waals surface area contributed by atoms with Gasteiger partial charge in [-0.1, -0.05) is 6.92 Å². The van der Waals surface area contributed by atoms with E-state index < -0.39 is 12.1 Å². The molecule has 0 aliphatic heterocycles. The maximum atomic E-state index is 15.5. The molecule has 10 heteroatoms. The Labute approximate surface area is 182 Å². The lowest BCUT2D eigenvalue weighted by Crippen LogP contribution is -2.15. The fourth-order valence-electron chi connectivity index (χ4n) is 3.99. The minimum absolute atomic E-state index is 0.0453. The number of carbonyl (C=O) groups is 1. The van der Waals surface area contributed by atoms with Gasteiger partial charge < -0.3 is 15.0 Å². The maximum Gasteiger partial charge on any atom is 0.231 e. The van der Waals surface area contributed by atoms with E-state index in [0.29, 0.717) is 45.9 Å². The Morgan fingerprint density at radius 2 is 2.12 bits per heavy atom. The van der Waals surface area contributed by atoms with E-state index in [0.717, 1.165) is 5.39 Å². The number of aromatic nitrogens is 5. The van der Waals surface area contributed by atoms with Crippen LogP contribution in [0.2, 0.25) is 0 Å². The van der Waals surface area contributed by atoms with Gasteiger partial charge in [0.2, 0.25) is 5.91 Å². The molecule has 0 radical (unpaired) electrons. The Bertz CT molecular complexity index is 1340. The van der Waals surface area contributed by atoms with Crippen LogP contribution in [0.25, 0.3) is 27.8 Å². The van der Waals surface area contributed by atoms with Gasteiger partial charge in [-0.3, -0.25) is 14.9 Å². The molecule has 8 nitrogen and oxygen atoms in total. The first kappa shape index (κ1) is 20.3. The van der Waals surface area contributed by atoms with Crippen molar-refractivity contribution in [1.82, 2.24) is 24.6 Å². The van der Waals surface area contributed by atoms with Gasteiger partial charge in [-0.05, 0) is 32.3 Å². The molecule has 3 aromatic heterocycles. The van der Waals surface area contributed by atoms with Crippen LogP contribution in [0.15, 0.2) is 24.8 Å². The summed E-state index contributed by atoms with van der Waals surface area (Å²) in [5, 5.41) is 13.6. The zero-order valence-electron chi connectivity index (χ0n) is 17.9. The largest absolute Gasteiger partial charge is 0.379 e. The molecular formula is C22H23F2N7O. The fraction of sp³-hybridized carbons (Fsp3) is 0.364. The Hall–Kier alpha value is -3.56. The molecule has 4 aromatic rings. The number of rotatable bonds is 6. The van der Waals surface area contributed by atoms with Gasteiger partial charge in [0, 0.05) is 23.2 Å². The van der Waals surface area contributed by atoms with Crippen molar-refractivity contribution in [3.63, 3.8) is 0 Å². The van der Waals surface area contributed by atoms with Crippen LogP contribution in [0.5, 0.6) is 0 Å². The van der Waals surface area contributed by atoms with Gasteiger partial charge >= 0.3 is 0 Å². The summed E-state index contributed by atoms with van der Waals surface area (Å²) in [6.45, 7) is 5.79. The van der Waals surface area contributed by atoms with E-state index in [1.807, 2.05) is 20.8 Å². The summed E-state index contributed by atoms with van der Waals surface area (Å²) in [5.74, 6) is -0.993. The summed E-state index contributed by atoms with van der Waals surface area (Å²) in [6.07, 6.45) is 6.24. The topological polar surface area (TPSA) is 100 Å². The number of aromatic amines is 1. The summed E-state index contributed by atoms with van der Waals surface area (Å²) in [5.41, 5.74) is 3.23. The quantitative estimate of drug-likeness (QED) is 0.420. The van der Waals surface area contributed by atoms with E-state index in [1.54, 1.807) is 29.2 Å². The van der Waals surface area contributed by atoms with E-state index >= 15 is 4.39 Å². The number of fused-ring (bicyclic) bond motifs is 2. The van der Waals surface area contributed by atoms with Crippen molar-refractivity contribution >= 4 is 34.0 Å². The predicted octanol–water partition coefficient (Wildman–Crippen LogP) is 4.09. The smallest absolute Gasteiger partial charge is 0.231 e. The monoisotopic (exact) mass is 439 g/mol. The van der Waals surface area contributed by atoms with Gasteiger partial charge in [0.05, 0.1) is 41.4 Å². The summed E-state index contributed by atoms with van der Waals surface area (Å²) >= 11 is 0. The van der Waals surface area contributed by atoms with Gasteiger partial charge in [-0.15, -0.1) is 0 Å². The lowest BCUT2D eigenvalue weighted by molar-refractivity contribution is -0.117. The number of nitrogens with zero attached hydrogens (tertiary/aromatic N) is 4. The number of benzene rings is 1. The lowest BCUT2D eigenvalue weighted by atomic mass is 9.96. The number of amides is 1. The van der Waals surface area contributed by atoms with E-state index in [-0.39, 0.29) is 24.2 Å². The summed E-state index contributed by atoms with van der Waals surface area (Å²) < 4.78 is 30.4. The van der Waals surface area contributed by atoms with Crippen molar-refractivity contribution in [2.45, 2.75) is 45.8 Å². The molecule has 1 amide bonds. The molecule has 32 heavy (non-hydrogen) atoms. The van der Waals surface area contributed by atoms with Gasteiger partial charge in [-0.2, -0.15) is 5.10 Å². The minimum atomic E-state index is -1.08. The molecule has 2 atom stereocenters. The average molecular weight is 439 g/mol. The number of carbonyl (C=O) groups excluding carboxylic acids is 1. The van der Waals surface area contributed by atoms with Crippen molar-refractivity contribution in [2.24, 2.45) is 5.92 Å². The first-order valence-electron chi connectivity index (χ1n) is 10.6. The van der Waals surface area contributed by atoms with Crippen LogP contribution in [0.1, 0.15) is 32.8 Å². The zero-order valence-corrected chi connectivity index (χ0v) is 17.9. The number of hydrogen-bond donors (Lipinski definition) is 3. The normalized spacial score (nSPS) is 17.9. The number of alkyl halides is 1. The molecule has 0 bridgehead atoms. The molecule has 0 spiro atoms. The number of anilines is 2. The fourth-order valence-corrected chi connectivity index (χ4v) is 3.99.